The number of rotatable bonds is 6. The highest BCUT2D eigenvalue weighted by atomic mass is 32.1. The summed E-state index contributed by atoms with van der Waals surface area (Å²) in [6.07, 6.45) is 2.13. The van der Waals surface area contributed by atoms with Crippen LogP contribution in [-0.4, -0.2) is 36.7 Å². The SMILES string of the molecule is CC(C)(C)c1csc(NC(=O)c2ccc(NCC3CCOCC3)cc2)c1C(=O)O. The Bertz CT molecular complexity index is 862. The van der Waals surface area contributed by atoms with Crippen molar-refractivity contribution in [2.24, 2.45) is 5.92 Å². The lowest BCUT2D eigenvalue weighted by Crippen LogP contribution is -2.22. The zero-order valence-corrected chi connectivity index (χ0v) is 17.9. The van der Waals surface area contributed by atoms with Crippen LogP contribution in [0.3, 0.4) is 0 Å². The number of nitrogens with one attached hydrogen (secondary N) is 2. The summed E-state index contributed by atoms with van der Waals surface area (Å²) in [6.45, 7) is 8.41. The molecule has 1 fully saturated rings. The number of anilines is 2. The van der Waals surface area contributed by atoms with Gasteiger partial charge in [-0.05, 0) is 59.4 Å². The number of carboxylic acids is 1. The van der Waals surface area contributed by atoms with E-state index in [4.69, 9.17) is 4.74 Å². The van der Waals surface area contributed by atoms with E-state index in [1.165, 1.54) is 11.3 Å². The van der Waals surface area contributed by atoms with E-state index in [-0.39, 0.29) is 16.9 Å². The van der Waals surface area contributed by atoms with Gasteiger partial charge in [0, 0.05) is 31.0 Å². The Labute approximate surface area is 175 Å². The average molecular weight is 417 g/mol. The van der Waals surface area contributed by atoms with Crippen molar-refractivity contribution in [1.29, 1.82) is 0 Å². The van der Waals surface area contributed by atoms with Crippen LogP contribution in [0, 0.1) is 5.92 Å². The van der Waals surface area contributed by atoms with Crippen LogP contribution in [0.2, 0.25) is 0 Å². The minimum absolute atomic E-state index is 0.172. The first-order valence-corrected chi connectivity index (χ1v) is 10.7. The number of hydrogen-bond acceptors (Lipinski definition) is 5. The van der Waals surface area contributed by atoms with Crippen LogP contribution in [-0.2, 0) is 10.2 Å². The third kappa shape index (κ3) is 5.36. The highest BCUT2D eigenvalue weighted by Gasteiger charge is 2.27. The predicted molar refractivity (Wildman–Crippen MR) is 116 cm³/mol. The number of carbonyl (C=O) groups is 2. The van der Waals surface area contributed by atoms with E-state index in [2.05, 4.69) is 10.6 Å². The van der Waals surface area contributed by atoms with Gasteiger partial charge in [0.2, 0.25) is 0 Å². The van der Waals surface area contributed by atoms with Crippen molar-refractivity contribution < 1.29 is 19.4 Å². The average Bonchev–Trinajstić information content (AvgIpc) is 3.12. The summed E-state index contributed by atoms with van der Waals surface area (Å²) >= 11 is 1.25. The first-order chi connectivity index (χ1) is 13.8. The lowest BCUT2D eigenvalue weighted by atomic mass is 9.86. The number of thiophene rings is 1. The summed E-state index contributed by atoms with van der Waals surface area (Å²) in [4.78, 5) is 24.4. The molecule has 29 heavy (non-hydrogen) atoms. The van der Waals surface area contributed by atoms with Gasteiger partial charge in [-0.25, -0.2) is 4.79 Å². The van der Waals surface area contributed by atoms with Gasteiger partial charge in [-0.1, -0.05) is 20.8 Å². The molecule has 1 aromatic carbocycles. The van der Waals surface area contributed by atoms with Crippen molar-refractivity contribution in [3.63, 3.8) is 0 Å². The van der Waals surface area contributed by atoms with Gasteiger partial charge in [-0.2, -0.15) is 0 Å². The second kappa shape index (κ2) is 8.97. The highest BCUT2D eigenvalue weighted by molar-refractivity contribution is 7.15. The summed E-state index contributed by atoms with van der Waals surface area (Å²) in [5, 5.41) is 18.0. The molecule has 0 radical (unpaired) electrons. The van der Waals surface area contributed by atoms with Crippen molar-refractivity contribution in [1.82, 2.24) is 0 Å². The molecule has 1 saturated heterocycles. The number of hydrogen-bond donors (Lipinski definition) is 3. The number of benzene rings is 1. The van der Waals surface area contributed by atoms with E-state index in [1.807, 2.05) is 38.3 Å². The Hall–Kier alpha value is -2.38. The van der Waals surface area contributed by atoms with Crippen molar-refractivity contribution in [2.75, 3.05) is 30.4 Å². The van der Waals surface area contributed by atoms with Crippen LogP contribution >= 0.6 is 11.3 Å². The summed E-state index contributed by atoms with van der Waals surface area (Å²) in [7, 11) is 0. The van der Waals surface area contributed by atoms with Gasteiger partial charge in [0.05, 0.1) is 5.56 Å². The van der Waals surface area contributed by atoms with Crippen LogP contribution < -0.4 is 10.6 Å². The summed E-state index contributed by atoms with van der Waals surface area (Å²) in [5.74, 6) is -0.734. The maximum absolute atomic E-state index is 12.6. The van der Waals surface area contributed by atoms with Gasteiger partial charge in [0.1, 0.15) is 5.00 Å². The number of carbonyl (C=O) groups excluding carboxylic acids is 1. The molecule has 2 aromatic rings. The molecule has 2 heterocycles. The van der Waals surface area contributed by atoms with Crippen molar-refractivity contribution in [3.8, 4) is 0 Å². The third-order valence-electron chi connectivity index (χ3n) is 5.12. The van der Waals surface area contributed by atoms with E-state index in [1.54, 1.807) is 12.1 Å². The van der Waals surface area contributed by atoms with Crippen LogP contribution in [0.25, 0.3) is 0 Å². The van der Waals surface area contributed by atoms with Gasteiger partial charge in [0.25, 0.3) is 5.91 Å². The lowest BCUT2D eigenvalue weighted by molar-refractivity contribution is 0.0694. The molecule has 0 unspecified atom stereocenters. The second-order valence-electron chi connectivity index (χ2n) is 8.38. The summed E-state index contributed by atoms with van der Waals surface area (Å²) in [6, 6.07) is 7.25. The van der Waals surface area contributed by atoms with Gasteiger partial charge in [-0.3, -0.25) is 4.79 Å². The van der Waals surface area contributed by atoms with Gasteiger partial charge >= 0.3 is 5.97 Å². The standard InChI is InChI=1S/C22H28N2O4S/c1-22(2,3)17-13-29-20(18(17)21(26)27)24-19(25)15-4-6-16(7-5-15)23-12-14-8-10-28-11-9-14/h4-7,13-14,23H,8-12H2,1-3H3,(H,24,25)(H,26,27). The third-order valence-corrected chi connectivity index (χ3v) is 6.02. The van der Waals surface area contributed by atoms with Crippen LogP contribution in [0.5, 0.6) is 0 Å². The first kappa shape index (κ1) is 21.3. The molecule has 6 nitrogen and oxygen atoms in total. The molecule has 1 aromatic heterocycles. The first-order valence-electron chi connectivity index (χ1n) is 9.84. The van der Waals surface area contributed by atoms with Gasteiger partial charge < -0.3 is 20.5 Å². The molecule has 1 aliphatic heterocycles. The minimum Gasteiger partial charge on any atom is -0.478 e. The smallest absolute Gasteiger partial charge is 0.339 e. The van der Waals surface area contributed by atoms with Crippen LogP contribution in [0.15, 0.2) is 29.6 Å². The quantitative estimate of drug-likeness (QED) is 0.627. The Morgan fingerprint density at radius 2 is 1.83 bits per heavy atom. The van der Waals surface area contributed by atoms with Crippen LogP contribution in [0.4, 0.5) is 10.7 Å². The van der Waals surface area contributed by atoms with Crippen molar-refractivity contribution in [2.45, 2.75) is 39.0 Å². The molecule has 1 aliphatic rings. The van der Waals surface area contributed by atoms with E-state index < -0.39 is 5.97 Å². The Balaban J connectivity index is 1.65. The lowest BCUT2D eigenvalue weighted by Gasteiger charge is -2.22. The molecule has 156 valence electrons. The molecule has 1 amide bonds. The van der Waals surface area contributed by atoms with Gasteiger partial charge in [0.15, 0.2) is 0 Å². The van der Waals surface area contributed by atoms with E-state index in [0.717, 1.165) is 43.9 Å². The summed E-state index contributed by atoms with van der Waals surface area (Å²) < 4.78 is 5.38. The molecule has 0 atom stereocenters. The molecule has 0 saturated carbocycles. The molecule has 7 heteroatoms. The molecule has 0 spiro atoms. The van der Waals surface area contributed by atoms with E-state index in [0.29, 0.717) is 16.5 Å². The van der Waals surface area contributed by atoms with E-state index in [9.17, 15) is 14.7 Å². The number of amides is 1. The Morgan fingerprint density at radius 3 is 2.41 bits per heavy atom. The molecule has 0 bridgehead atoms. The maximum atomic E-state index is 12.6. The molecule has 3 N–H and O–H groups in total. The predicted octanol–water partition coefficient (Wildman–Crippen LogP) is 4.83. The fourth-order valence-electron chi connectivity index (χ4n) is 3.34. The Kier molecular flexibility index (Phi) is 6.59. The Morgan fingerprint density at radius 1 is 1.17 bits per heavy atom. The largest absolute Gasteiger partial charge is 0.478 e. The molecule has 3 rings (SSSR count). The van der Waals surface area contributed by atoms with Crippen molar-refractivity contribution >= 4 is 33.9 Å². The second-order valence-corrected chi connectivity index (χ2v) is 9.26. The fraction of sp³-hybridized carbons (Fsp3) is 0.455. The minimum atomic E-state index is -1.03. The zero-order chi connectivity index (χ0) is 21.0. The molecule has 0 aliphatic carbocycles. The van der Waals surface area contributed by atoms with Gasteiger partial charge in [-0.15, -0.1) is 11.3 Å². The number of ether oxygens (including phenoxy) is 1. The maximum Gasteiger partial charge on any atom is 0.339 e. The number of carboxylic acid groups (broad SMARTS) is 1. The molecular formula is C22H28N2O4S. The molecular weight excluding hydrogens is 388 g/mol. The zero-order valence-electron chi connectivity index (χ0n) is 17.1. The fourth-order valence-corrected chi connectivity index (χ4v) is 4.52. The van der Waals surface area contributed by atoms with E-state index >= 15 is 0 Å². The monoisotopic (exact) mass is 416 g/mol. The summed E-state index contributed by atoms with van der Waals surface area (Å²) in [5.41, 5.74) is 2.03. The normalized spacial score (nSPS) is 15.1. The van der Waals surface area contributed by atoms with Crippen LogP contribution in [0.1, 0.15) is 59.9 Å². The topological polar surface area (TPSA) is 87.7 Å². The van der Waals surface area contributed by atoms with Crippen molar-refractivity contribution in [3.05, 3.63) is 46.3 Å². The highest BCUT2D eigenvalue weighted by Crippen LogP contribution is 2.36. The number of aromatic carboxylic acids is 1.